The zero-order valence-electron chi connectivity index (χ0n) is 29.7. The third-order valence-corrected chi connectivity index (χ3v) is 10.4. The SMILES string of the molecule is O=C(C(c1c[nH]c2ccccc12)C(Nc1cccc(CO)c1)c1ccccc1)C(c1c[nH]c2ccccc12)C(Nc1cccc(CO)c1)c1ccccc1. The van der Waals surface area contributed by atoms with Crippen LogP contribution in [-0.2, 0) is 18.0 Å². The van der Waals surface area contributed by atoms with Crippen molar-refractivity contribution in [3.05, 3.63) is 203 Å². The Kier molecular flexibility index (Phi) is 10.1. The van der Waals surface area contributed by atoms with Crippen LogP contribution in [0.3, 0.4) is 0 Å². The van der Waals surface area contributed by atoms with Crippen molar-refractivity contribution < 1.29 is 15.0 Å². The molecule has 6 N–H and O–H groups in total. The molecule has 7 nitrogen and oxygen atoms in total. The molecule has 0 radical (unpaired) electrons. The van der Waals surface area contributed by atoms with Crippen LogP contribution in [0.2, 0.25) is 0 Å². The Balaban J connectivity index is 1.38. The van der Waals surface area contributed by atoms with Gasteiger partial charge in [0, 0.05) is 45.6 Å². The standard InChI is InChI=1S/C47H42N4O3/c52-29-31-13-11-19-35(25-31)50-45(33-15-3-1-4-16-33)43(39-27-48-41-23-9-7-21-37(39)41)47(54)44(40-28-49-42-24-10-8-22-38(40)42)46(34-17-5-2-6-18-34)51-36-20-12-14-32(26-36)30-53/h1-28,43-46,48-53H,29-30H2. The fourth-order valence-electron chi connectivity index (χ4n) is 7.81. The molecule has 8 aromatic rings. The second-order valence-electron chi connectivity index (χ2n) is 13.7. The lowest BCUT2D eigenvalue weighted by Gasteiger charge is -2.35. The highest BCUT2D eigenvalue weighted by Gasteiger charge is 2.42. The summed E-state index contributed by atoms with van der Waals surface area (Å²) >= 11 is 0. The number of carbonyl (C=O) groups excluding carboxylic acids is 1. The van der Waals surface area contributed by atoms with Gasteiger partial charge >= 0.3 is 0 Å². The lowest BCUT2D eigenvalue weighted by Crippen LogP contribution is -2.34. The summed E-state index contributed by atoms with van der Waals surface area (Å²) in [6.07, 6.45) is 3.97. The predicted octanol–water partition coefficient (Wildman–Crippen LogP) is 9.78. The lowest BCUT2D eigenvalue weighted by molar-refractivity contribution is -0.122. The summed E-state index contributed by atoms with van der Waals surface area (Å²) < 4.78 is 0. The summed E-state index contributed by atoms with van der Waals surface area (Å²) in [5.74, 6) is -1.38. The minimum Gasteiger partial charge on any atom is -0.392 e. The molecular formula is C47H42N4O3. The fraction of sp³-hybridized carbons (Fsp3) is 0.128. The predicted molar refractivity (Wildman–Crippen MR) is 217 cm³/mol. The van der Waals surface area contributed by atoms with Crippen molar-refractivity contribution >= 4 is 39.0 Å². The molecule has 8 rings (SSSR count). The van der Waals surface area contributed by atoms with Gasteiger partial charge in [-0.2, -0.15) is 0 Å². The van der Waals surface area contributed by atoms with E-state index in [9.17, 15) is 10.2 Å². The minimum atomic E-state index is -0.697. The molecule has 0 aliphatic rings. The molecular weight excluding hydrogens is 669 g/mol. The molecule has 0 bridgehead atoms. The van der Waals surface area contributed by atoms with E-state index in [1.54, 1.807) is 0 Å². The second kappa shape index (κ2) is 15.7. The van der Waals surface area contributed by atoms with Gasteiger partial charge in [-0.15, -0.1) is 0 Å². The van der Waals surface area contributed by atoms with Crippen molar-refractivity contribution in [2.45, 2.75) is 37.1 Å². The van der Waals surface area contributed by atoms with Crippen LogP contribution >= 0.6 is 0 Å². The molecule has 2 aromatic heterocycles. The number of aromatic amines is 2. The van der Waals surface area contributed by atoms with E-state index in [-0.39, 0.29) is 19.0 Å². The van der Waals surface area contributed by atoms with Gasteiger partial charge < -0.3 is 30.8 Å². The number of aromatic nitrogens is 2. The van der Waals surface area contributed by atoms with E-state index in [2.05, 4.69) is 57.0 Å². The lowest BCUT2D eigenvalue weighted by atomic mass is 9.73. The maximum atomic E-state index is 16.4. The smallest absolute Gasteiger partial charge is 0.152 e. The quantitative estimate of drug-likeness (QED) is 0.0673. The number of hydrogen-bond acceptors (Lipinski definition) is 5. The van der Waals surface area contributed by atoms with Crippen molar-refractivity contribution in [1.82, 2.24) is 9.97 Å². The average molecular weight is 711 g/mol. The van der Waals surface area contributed by atoms with Crippen molar-refractivity contribution in [1.29, 1.82) is 0 Å². The van der Waals surface area contributed by atoms with Crippen LogP contribution in [-0.4, -0.2) is 26.0 Å². The van der Waals surface area contributed by atoms with Crippen LogP contribution in [0.4, 0.5) is 11.4 Å². The van der Waals surface area contributed by atoms with E-state index in [1.807, 2.05) is 134 Å². The average Bonchev–Trinajstić information content (AvgIpc) is 3.86. The van der Waals surface area contributed by atoms with Gasteiger partial charge in [-0.1, -0.05) is 121 Å². The van der Waals surface area contributed by atoms with Crippen molar-refractivity contribution in [2.24, 2.45) is 0 Å². The van der Waals surface area contributed by atoms with Gasteiger partial charge in [0.2, 0.25) is 0 Å². The largest absolute Gasteiger partial charge is 0.392 e. The Bertz CT molecular complexity index is 2320. The monoisotopic (exact) mass is 710 g/mol. The molecule has 54 heavy (non-hydrogen) atoms. The van der Waals surface area contributed by atoms with Crippen molar-refractivity contribution in [2.75, 3.05) is 10.6 Å². The third kappa shape index (κ3) is 7.03. The molecule has 268 valence electrons. The van der Waals surface area contributed by atoms with Crippen LogP contribution in [0, 0.1) is 0 Å². The number of aliphatic hydroxyl groups is 2. The number of ketones is 1. The summed E-state index contributed by atoms with van der Waals surface area (Å²) in [7, 11) is 0. The maximum Gasteiger partial charge on any atom is 0.152 e. The van der Waals surface area contributed by atoms with Crippen LogP contribution in [0.15, 0.2) is 170 Å². The zero-order valence-corrected chi connectivity index (χ0v) is 29.7. The van der Waals surface area contributed by atoms with Crippen molar-refractivity contribution in [3.63, 3.8) is 0 Å². The van der Waals surface area contributed by atoms with Crippen LogP contribution in [0.25, 0.3) is 21.8 Å². The molecule has 4 atom stereocenters. The fourth-order valence-corrected chi connectivity index (χ4v) is 7.81. The Morgan fingerprint density at radius 2 is 0.907 bits per heavy atom. The first-order chi connectivity index (χ1) is 26.6. The molecule has 0 saturated carbocycles. The van der Waals surface area contributed by atoms with Gasteiger partial charge in [0.15, 0.2) is 5.78 Å². The molecule has 0 aliphatic carbocycles. The van der Waals surface area contributed by atoms with E-state index < -0.39 is 23.9 Å². The number of fused-ring (bicyclic) bond motifs is 2. The number of para-hydroxylation sites is 2. The number of hydrogen-bond donors (Lipinski definition) is 6. The molecule has 0 saturated heterocycles. The van der Waals surface area contributed by atoms with Crippen LogP contribution in [0.5, 0.6) is 0 Å². The highest BCUT2D eigenvalue weighted by molar-refractivity contribution is 6.01. The normalized spacial score (nSPS) is 13.7. The van der Waals surface area contributed by atoms with E-state index in [1.165, 1.54) is 0 Å². The summed E-state index contributed by atoms with van der Waals surface area (Å²) in [6.45, 7) is -0.193. The molecule has 0 amide bonds. The van der Waals surface area contributed by atoms with E-state index in [0.717, 1.165) is 66.6 Å². The van der Waals surface area contributed by atoms with Crippen LogP contribution in [0.1, 0.15) is 57.3 Å². The third-order valence-electron chi connectivity index (χ3n) is 10.4. The first-order valence-electron chi connectivity index (χ1n) is 18.3. The van der Waals surface area contributed by atoms with Gasteiger partial charge in [-0.25, -0.2) is 0 Å². The number of anilines is 2. The number of carbonyl (C=O) groups is 1. The zero-order chi connectivity index (χ0) is 36.9. The number of benzene rings is 6. The number of H-pyrrole nitrogens is 2. The number of rotatable bonds is 14. The number of nitrogens with one attached hydrogen (secondary N) is 4. The second-order valence-corrected chi connectivity index (χ2v) is 13.7. The molecule has 2 heterocycles. The molecule has 6 aromatic carbocycles. The number of aliphatic hydroxyl groups excluding tert-OH is 2. The van der Waals surface area contributed by atoms with Crippen LogP contribution < -0.4 is 10.6 Å². The van der Waals surface area contributed by atoms with Gasteiger partial charge in [-0.3, -0.25) is 4.79 Å². The van der Waals surface area contributed by atoms with Gasteiger partial charge in [0.25, 0.3) is 0 Å². The highest BCUT2D eigenvalue weighted by atomic mass is 16.3. The molecule has 0 aliphatic heterocycles. The summed E-state index contributed by atoms with van der Waals surface area (Å²) in [5, 5.41) is 29.6. The Labute approximate surface area is 314 Å². The molecule has 7 heteroatoms. The molecule has 0 spiro atoms. The molecule has 4 unspecified atom stereocenters. The Hall–Kier alpha value is -6.41. The van der Waals surface area contributed by atoms with E-state index in [0.29, 0.717) is 0 Å². The summed E-state index contributed by atoms with van der Waals surface area (Å²) in [5.41, 5.74) is 8.71. The topological polar surface area (TPSA) is 113 Å². The van der Waals surface area contributed by atoms with E-state index >= 15 is 4.79 Å². The maximum absolute atomic E-state index is 16.4. The van der Waals surface area contributed by atoms with Gasteiger partial charge in [0.1, 0.15) is 0 Å². The first-order valence-corrected chi connectivity index (χ1v) is 18.3. The van der Waals surface area contributed by atoms with Gasteiger partial charge in [-0.05, 0) is 69.8 Å². The van der Waals surface area contributed by atoms with E-state index in [4.69, 9.17) is 0 Å². The minimum absolute atomic E-state index is 0.0174. The Morgan fingerprint density at radius 1 is 0.500 bits per heavy atom. The van der Waals surface area contributed by atoms with Crippen molar-refractivity contribution in [3.8, 4) is 0 Å². The Morgan fingerprint density at radius 3 is 1.33 bits per heavy atom. The summed E-state index contributed by atoms with van der Waals surface area (Å²) in [6, 6.07) is 50.9. The number of Topliss-reactive ketones (excluding diaryl/α,β-unsaturated/α-hetero) is 1. The summed E-state index contributed by atoms with van der Waals surface area (Å²) in [4.78, 5) is 23.3. The van der Waals surface area contributed by atoms with Gasteiger partial charge in [0.05, 0.1) is 37.1 Å². The molecule has 0 fully saturated rings. The highest BCUT2D eigenvalue weighted by Crippen LogP contribution is 2.46. The first kappa shape index (κ1) is 34.7.